The van der Waals surface area contributed by atoms with E-state index in [0.29, 0.717) is 6.42 Å². The molecule has 0 aromatic rings. The van der Waals surface area contributed by atoms with Gasteiger partial charge in [-0.25, -0.2) is 0 Å². The van der Waals surface area contributed by atoms with Gasteiger partial charge in [0.2, 0.25) is 0 Å². The van der Waals surface area contributed by atoms with Crippen molar-refractivity contribution in [2.45, 2.75) is 57.2 Å². The Morgan fingerprint density at radius 1 is 1.29 bits per heavy atom. The maximum Gasteiger partial charge on any atom is 0.411 e. The van der Waals surface area contributed by atoms with E-state index in [4.69, 9.17) is 5.73 Å². The minimum absolute atomic E-state index is 0.147. The molecule has 0 aromatic heterocycles. The van der Waals surface area contributed by atoms with Gasteiger partial charge in [-0.15, -0.1) is 0 Å². The zero-order chi connectivity index (χ0) is 12.9. The minimum atomic E-state index is -4.22. The van der Waals surface area contributed by atoms with Crippen LogP contribution in [0.1, 0.15) is 45.4 Å². The van der Waals surface area contributed by atoms with Crippen LogP contribution >= 0.6 is 0 Å². The van der Waals surface area contributed by atoms with E-state index in [1.54, 1.807) is 0 Å². The van der Waals surface area contributed by atoms with Gasteiger partial charge in [-0.1, -0.05) is 6.92 Å². The predicted octanol–water partition coefficient (Wildman–Crippen LogP) is 3.25. The number of hydrogen-bond acceptors (Lipinski definition) is 2. The molecule has 0 aliphatic heterocycles. The normalized spacial score (nSPS) is 30.5. The second-order valence-corrected chi connectivity index (χ2v) is 5.32. The van der Waals surface area contributed by atoms with Gasteiger partial charge in [-0.05, 0) is 44.4 Å². The molecule has 0 unspecified atom stereocenters. The molecule has 0 amide bonds. The van der Waals surface area contributed by atoms with Gasteiger partial charge in [0.25, 0.3) is 0 Å². The lowest BCUT2D eigenvalue weighted by Crippen LogP contribution is -2.43. The standard InChI is InChI=1S/C12H22F3NO/c1-10-3-6-11(16,7-4-10)5-2-8-17-9-12(13,14)15/h10H,2-9,16H2,1H3. The number of alkyl halides is 3. The van der Waals surface area contributed by atoms with Crippen LogP contribution < -0.4 is 5.73 Å². The van der Waals surface area contributed by atoms with Gasteiger partial charge in [0.05, 0.1) is 0 Å². The third-order valence-corrected chi connectivity index (χ3v) is 3.50. The van der Waals surface area contributed by atoms with E-state index in [-0.39, 0.29) is 12.1 Å². The number of ether oxygens (including phenoxy) is 1. The van der Waals surface area contributed by atoms with Gasteiger partial charge in [0, 0.05) is 12.1 Å². The van der Waals surface area contributed by atoms with E-state index in [2.05, 4.69) is 11.7 Å². The summed E-state index contributed by atoms with van der Waals surface area (Å²) in [5.74, 6) is 0.730. The third-order valence-electron chi connectivity index (χ3n) is 3.50. The number of hydrogen-bond donors (Lipinski definition) is 1. The quantitative estimate of drug-likeness (QED) is 0.763. The third kappa shape index (κ3) is 6.27. The van der Waals surface area contributed by atoms with Gasteiger partial charge in [0.15, 0.2) is 0 Å². The van der Waals surface area contributed by atoms with E-state index >= 15 is 0 Å². The SMILES string of the molecule is CC1CCC(N)(CCCOCC(F)(F)F)CC1. The highest BCUT2D eigenvalue weighted by molar-refractivity contribution is 4.88. The van der Waals surface area contributed by atoms with Gasteiger partial charge in [-0.3, -0.25) is 0 Å². The van der Waals surface area contributed by atoms with E-state index in [1.165, 1.54) is 0 Å². The topological polar surface area (TPSA) is 35.2 Å². The molecule has 5 heteroatoms. The van der Waals surface area contributed by atoms with E-state index in [9.17, 15) is 13.2 Å². The molecule has 2 N–H and O–H groups in total. The summed E-state index contributed by atoms with van der Waals surface area (Å²) in [6, 6.07) is 0. The lowest BCUT2D eigenvalue weighted by atomic mass is 9.75. The summed E-state index contributed by atoms with van der Waals surface area (Å²) >= 11 is 0. The predicted molar refractivity (Wildman–Crippen MR) is 60.7 cm³/mol. The fraction of sp³-hybridized carbons (Fsp3) is 1.00. The molecule has 0 saturated heterocycles. The molecule has 0 spiro atoms. The molecular weight excluding hydrogens is 231 g/mol. The molecule has 1 fully saturated rings. The summed E-state index contributed by atoms with van der Waals surface area (Å²) in [7, 11) is 0. The fourth-order valence-corrected chi connectivity index (χ4v) is 2.30. The van der Waals surface area contributed by atoms with Crippen molar-refractivity contribution in [3.63, 3.8) is 0 Å². The van der Waals surface area contributed by atoms with E-state index in [0.717, 1.165) is 38.0 Å². The van der Waals surface area contributed by atoms with Crippen LogP contribution in [0.4, 0.5) is 13.2 Å². The Morgan fingerprint density at radius 2 is 1.88 bits per heavy atom. The van der Waals surface area contributed by atoms with Crippen LogP contribution in [0.5, 0.6) is 0 Å². The minimum Gasteiger partial charge on any atom is -0.372 e. The Labute approximate surface area is 101 Å². The molecule has 1 rings (SSSR count). The average Bonchev–Trinajstić information content (AvgIpc) is 2.21. The molecule has 0 radical (unpaired) electrons. The van der Waals surface area contributed by atoms with Gasteiger partial charge < -0.3 is 10.5 Å². The van der Waals surface area contributed by atoms with E-state index in [1.807, 2.05) is 0 Å². The summed E-state index contributed by atoms with van der Waals surface area (Å²) in [5.41, 5.74) is 6.04. The summed E-state index contributed by atoms with van der Waals surface area (Å²) in [6.07, 6.45) is 1.36. The maximum atomic E-state index is 11.8. The molecule has 102 valence electrons. The van der Waals surface area contributed by atoms with E-state index < -0.39 is 12.8 Å². The Hall–Kier alpha value is -0.290. The summed E-state index contributed by atoms with van der Waals surface area (Å²) in [6.45, 7) is 1.21. The van der Waals surface area contributed by atoms with Crippen LogP contribution in [0.2, 0.25) is 0 Å². The first kappa shape index (κ1) is 14.8. The lowest BCUT2D eigenvalue weighted by molar-refractivity contribution is -0.174. The summed E-state index contributed by atoms with van der Waals surface area (Å²) in [5, 5.41) is 0. The first-order valence-corrected chi connectivity index (χ1v) is 6.24. The summed E-state index contributed by atoms with van der Waals surface area (Å²) < 4.78 is 40.0. The highest BCUT2D eigenvalue weighted by Gasteiger charge is 2.30. The van der Waals surface area contributed by atoms with Crippen LogP contribution in [0, 0.1) is 5.92 Å². The molecule has 0 aromatic carbocycles. The van der Waals surface area contributed by atoms with Crippen molar-refractivity contribution in [2.75, 3.05) is 13.2 Å². The number of nitrogens with two attached hydrogens (primary N) is 1. The zero-order valence-electron chi connectivity index (χ0n) is 10.4. The smallest absolute Gasteiger partial charge is 0.372 e. The summed E-state index contributed by atoms with van der Waals surface area (Å²) in [4.78, 5) is 0. The molecule has 17 heavy (non-hydrogen) atoms. The highest BCUT2D eigenvalue weighted by atomic mass is 19.4. The Morgan fingerprint density at radius 3 is 2.41 bits per heavy atom. The molecular formula is C12H22F3NO. The largest absolute Gasteiger partial charge is 0.411 e. The monoisotopic (exact) mass is 253 g/mol. The van der Waals surface area contributed by atoms with Crippen molar-refractivity contribution >= 4 is 0 Å². The Kier molecular flexibility index (Phi) is 5.25. The molecule has 1 saturated carbocycles. The second-order valence-electron chi connectivity index (χ2n) is 5.32. The van der Waals surface area contributed by atoms with Crippen molar-refractivity contribution in [2.24, 2.45) is 11.7 Å². The first-order valence-electron chi connectivity index (χ1n) is 6.24. The van der Waals surface area contributed by atoms with Gasteiger partial charge >= 0.3 is 6.18 Å². The van der Waals surface area contributed by atoms with Crippen molar-refractivity contribution < 1.29 is 17.9 Å². The molecule has 0 atom stereocenters. The van der Waals surface area contributed by atoms with Crippen LogP contribution in [-0.4, -0.2) is 24.9 Å². The van der Waals surface area contributed by atoms with Crippen molar-refractivity contribution in [3.05, 3.63) is 0 Å². The second kappa shape index (κ2) is 6.05. The number of rotatable bonds is 5. The molecule has 1 aliphatic rings. The Bertz CT molecular complexity index is 222. The van der Waals surface area contributed by atoms with Crippen LogP contribution in [0.25, 0.3) is 0 Å². The Balaban J connectivity index is 2.10. The maximum absolute atomic E-state index is 11.8. The van der Waals surface area contributed by atoms with Gasteiger partial charge in [0.1, 0.15) is 6.61 Å². The first-order chi connectivity index (χ1) is 7.81. The van der Waals surface area contributed by atoms with Crippen molar-refractivity contribution in [3.8, 4) is 0 Å². The average molecular weight is 253 g/mol. The fourth-order valence-electron chi connectivity index (χ4n) is 2.30. The van der Waals surface area contributed by atoms with Crippen molar-refractivity contribution in [1.82, 2.24) is 0 Å². The molecule has 0 bridgehead atoms. The van der Waals surface area contributed by atoms with Gasteiger partial charge in [-0.2, -0.15) is 13.2 Å². The lowest BCUT2D eigenvalue weighted by Gasteiger charge is -2.36. The van der Waals surface area contributed by atoms with Crippen molar-refractivity contribution in [1.29, 1.82) is 0 Å². The van der Waals surface area contributed by atoms with Crippen LogP contribution in [-0.2, 0) is 4.74 Å². The van der Waals surface area contributed by atoms with Crippen LogP contribution in [0.15, 0.2) is 0 Å². The molecule has 1 aliphatic carbocycles. The number of halogens is 3. The zero-order valence-corrected chi connectivity index (χ0v) is 10.4. The van der Waals surface area contributed by atoms with Crippen LogP contribution in [0.3, 0.4) is 0 Å². The molecule has 0 heterocycles. The molecule has 2 nitrogen and oxygen atoms in total. The highest BCUT2D eigenvalue weighted by Crippen LogP contribution is 2.33.